The van der Waals surface area contributed by atoms with Crippen molar-refractivity contribution in [2.24, 2.45) is 0 Å². The minimum absolute atomic E-state index is 0.651. The van der Waals surface area contributed by atoms with Crippen LogP contribution in [0.1, 0.15) is 0 Å². The zero-order chi connectivity index (χ0) is 10.7. The van der Waals surface area contributed by atoms with Gasteiger partial charge in [0.05, 0.1) is 50.4 Å². The summed E-state index contributed by atoms with van der Waals surface area (Å²) < 4.78 is 10.4. The van der Waals surface area contributed by atoms with Crippen LogP contribution in [-0.2, 0) is 0 Å². The molecule has 0 saturated carbocycles. The number of pyridine rings is 1. The number of imidazole rings is 1. The molecule has 1 N–H and O–H groups in total. The highest BCUT2D eigenvalue weighted by Gasteiger charge is 2.13. The van der Waals surface area contributed by atoms with Gasteiger partial charge in [-0.15, -0.1) is 0 Å². The molecular formula is C10H11N3O2. The van der Waals surface area contributed by atoms with E-state index >= 15 is 0 Å². The van der Waals surface area contributed by atoms with E-state index in [0.29, 0.717) is 11.5 Å². The molecule has 5 nitrogen and oxygen atoms in total. The van der Waals surface area contributed by atoms with Crippen molar-refractivity contribution in [2.75, 3.05) is 14.2 Å². The molecule has 0 aliphatic rings. The number of H-pyrrole nitrogens is 1. The highest BCUT2D eigenvalue weighted by molar-refractivity contribution is 5.72. The van der Waals surface area contributed by atoms with Crippen molar-refractivity contribution in [3.05, 3.63) is 24.9 Å². The molecule has 0 atom stereocenters. The summed E-state index contributed by atoms with van der Waals surface area (Å²) in [6, 6.07) is 0. The molecule has 0 unspecified atom stereocenters. The van der Waals surface area contributed by atoms with Crippen LogP contribution in [0.4, 0.5) is 0 Å². The Morgan fingerprint density at radius 1 is 1.00 bits per heavy atom. The van der Waals surface area contributed by atoms with Crippen molar-refractivity contribution in [3.63, 3.8) is 0 Å². The molecule has 0 saturated heterocycles. The smallest absolute Gasteiger partial charge is 0.150 e. The van der Waals surface area contributed by atoms with Gasteiger partial charge < -0.3 is 14.5 Å². The minimum atomic E-state index is 0.651. The first-order valence-corrected chi connectivity index (χ1v) is 4.41. The molecule has 0 radical (unpaired) electrons. The van der Waals surface area contributed by atoms with Gasteiger partial charge in [0.2, 0.25) is 0 Å². The van der Waals surface area contributed by atoms with Crippen LogP contribution in [0.5, 0.6) is 11.5 Å². The average Bonchev–Trinajstić information content (AvgIpc) is 2.81. The van der Waals surface area contributed by atoms with Crippen molar-refractivity contribution in [3.8, 4) is 22.8 Å². The lowest BCUT2D eigenvalue weighted by Gasteiger charge is -2.10. The topological polar surface area (TPSA) is 60.0 Å². The Bertz CT molecular complexity index is 418. The molecule has 0 fully saturated rings. The molecule has 0 aliphatic heterocycles. The fourth-order valence-electron chi connectivity index (χ4n) is 1.39. The van der Waals surface area contributed by atoms with Gasteiger partial charge in [0, 0.05) is 0 Å². The zero-order valence-corrected chi connectivity index (χ0v) is 8.52. The molecule has 2 aromatic heterocycles. The van der Waals surface area contributed by atoms with Crippen LogP contribution in [0, 0.1) is 0 Å². The normalized spacial score (nSPS) is 10.0. The van der Waals surface area contributed by atoms with E-state index in [1.807, 2.05) is 0 Å². The lowest BCUT2D eigenvalue weighted by Crippen LogP contribution is -1.94. The number of hydrogen-bond acceptors (Lipinski definition) is 4. The zero-order valence-electron chi connectivity index (χ0n) is 8.52. The fraction of sp³-hybridized carbons (Fsp3) is 0.200. The molecule has 0 amide bonds. The fourth-order valence-corrected chi connectivity index (χ4v) is 1.39. The van der Waals surface area contributed by atoms with Crippen molar-refractivity contribution >= 4 is 0 Å². The van der Waals surface area contributed by atoms with E-state index in [2.05, 4.69) is 15.0 Å². The third-order valence-corrected chi connectivity index (χ3v) is 2.08. The molecule has 2 heterocycles. The number of rotatable bonds is 3. The number of hydrogen-bond donors (Lipinski definition) is 1. The summed E-state index contributed by atoms with van der Waals surface area (Å²) in [7, 11) is 3.19. The predicted molar refractivity (Wildman–Crippen MR) is 54.9 cm³/mol. The van der Waals surface area contributed by atoms with Gasteiger partial charge in [-0.05, 0) is 0 Å². The maximum absolute atomic E-state index is 5.22. The highest BCUT2D eigenvalue weighted by atomic mass is 16.5. The second kappa shape index (κ2) is 4.00. The summed E-state index contributed by atoms with van der Waals surface area (Å²) in [6.07, 6.45) is 6.59. The van der Waals surface area contributed by atoms with Crippen LogP contribution in [-0.4, -0.2) is 29.2 Å². The van der Waals surface area contributed by atoms with Crippen LogP contribution in [0.3, 0.4) is 0 Å². The van der Waals surface area contributed by atoms with E-state index in [1.165, 1.54) is 0 Å². The molecule has 0 bridgehead atoms. The Morgan fingerprint density at radius 2 is 1.67 bits per heavy atom. The quantitative estimate of drug-likeness (QED) is 0.824. The summed E-state index contributed by atoms with van der Waals surface area (Å²) in [5, 5.41) is 0. The van der Waals surface area contributed by atoms with Crippen molar-refractivity contribution in [1.82, 2.24) is 15.0 Å². The maximum Gasteiger partial charge on any atom is 0.150 e. The molecular weight excluding hydrogens is 194 g/mol. The summed E-state index contributed by atoms with van der Waals surface area (Å²) in [5.41, 5.74) is 1.67. The van der Waals surface area contributed by atoms with Crippen molar-refractivity contribution in [1.29, 1.82) is 0 Å². The standard InChI is InChI=1S/C10H11N3O2/c1-14-8-4-11-5-9(15-2)10(8)7-3-12-6-13-7/h3-6H,1-2H3,(H,12,13). The minimum Gasteiger partial charge on any atom is -0.494 e. The van der Waals surface area contributed by atoms with Crippen LogP contribution >= 0.6 is 0 Å². The third-order valence-electron chi connectivity index (χ3n) is 2.08. The van der Waals surface area contributed by atoms with Gasteiger partial charge in [0.1, 0.15) is 11.5 Å². The number of ether oxygens (including phenoxy) is 2. The molecule has 2 aromatic rings. The second-order valence-corrected chi connectivity index (χ2v) is 2.88. The van der Waals surface area contributed by atoms with Gasteiger partial charge in [-0.2, -0.15) is 0 Å². The highest BCUT2D eigenvalue weighted by Crippen LogP contribution is 2.35. The lowest BCUT2D eigenvalue weighted by atomic mass is 10.2. The van der Waals surface area contributed by atoms with Crippen LogP contribution in [0.15, 0.2) is 24.9 Å². The summed E-state index contributed by atoms with van der Waals surface area (Å²) in [4.78, 5) is 11.0. The van der Waals surface area contributed by atoms with E-state index < -0.39 is 0 Å². The Labute approximate surface area is 87.1 Å². The second-order valence-electron chi connectivity index (χ2n) is 2.88. The van der Waals surface area contributed by atoms with Gasteiger partial charge in [-0.3, -0.25) is 4.98 Å². The van der Waals surface area contributed by atoms with Gasteiger partial charge in [-0.1, -0.05) is 0 Å². The van der Waals surface area contributed by atoms with E-state index in [-0.39, 0.29) is 0 Å². The Kier molecular flexibility index (Phi) is 2.53. The number of nitrogens with one attached hydrogen (secondary N) is 1. The van der Waals surface area contributed by atoms with Crippen molar-refractivity contribution in [2.45, 2.75) is 0 Å². The molecule has 2 rings (SSSR count). The number of methoxy groups -OCH3 is 2. The first kappa shape index (κ1) is 9.51. The van der Waals surface area contributed by atoms with Crippen LogP contribution in [0.25, 0.3) is 11.3 Å². The first-order chi connectivity index (χ1) is 7.36. The van der Waals surface area contributed by atoms with Crippen molar-refractivity contribution < 1.29 is 9.47 Å². The molecule has 0 spiro atoms. The molecule has 15 heavy (non-hydrogen) atoms. The van der Waals surface area contributed by atoms with Gasteiger partial charge in [0.25, 0.3) is 0 Å². The lowest BCUT2D eigenvalue weighted by molar-refractivity contribution is 0.394. The van der Waals surface area contributed by atoms with E-state index in [9.17, 15) is 0 Å². The Hall–Kier alpha value is -2.04. The summed E-state index contributed by atoms with van der Waals surface area (Å²) in [5.74, 6) is 1.30. The van der Waals surface area contributed by atoms with Gasteiger partial charge >= 0.3 is 0 Å². The summed E-state index contributed by atoms with van der Waals surface area (Å²) in [6.45, 7) is 0. The van der Waals surface area contributed by atoms with E-state index in [4.69, 9.17) is 9.47 Å². The van der Waals surface area contributed by atoms with Crippen LogP contribution < -0.4 is 9.47 Å². The monoisotopic (exact) mass is 205 g/mol. The largest absolute Gasteiger partial charge is 0.494 e. The Morgan fingerprint density at radius 3 is 2.13 bits per heavy atom. The first-order valence-electron chi connectivity index (χ1n) is 4.41. The average molecular weight is 205 g/mol. The van der Waals surface area contributed by atoms with E-state index in [0.717, 1.165) is 11.3 Å². The van der Waals surface area contributed by atoms with E-state index in [1.54, 1.807) is 39.1 Å². The predicted octanol–water partition coefficient (Wildman–Crippen LogP) is 1.49. The molecule has 0 aliphatic carbocycles. The molecule has 5 heteroatoms. The Balaban J connectivity index is 2.61. The number of aromatic nitrogens is 3. The summed E-state index contributed by atoms with van der Waals surface area (Å²) >= 11 is 0. The molecule has 0 aromatic carbocycles. The van der Waals surface area contributed by atoms with Crippen LogP contribution in [0.2, 0.25) is 0 Å². The molecule has 78 valence electrons. The van der Waals surface area contributed by atoms with Gasteiger partial charge in [0.15, 0.2) is 0 Å². The maximum atomic E-state index is 5.22. The third kappa shape index (κ3) is 1.63. The SMILES string of the molecule is COc1cncc(OC)c1-c1cnc[nH]1. The number of aromatic amines is 1. The number of nitrogens with zero attached hydrogens (tertiary/aromatic N) is 2. The van der Waals surface area contributed by atoms with Gasteiger partial charge in [-0.25, -0.2) is 4.98 Å².